The van der Waals surface area contributed by atoms with E-state index in [0.29, 0.717) is 6.61 Å². The Hall–Kier alpha value is -1.05. The Labute approximate surface area is 193 Å². The molecule has 184 valence electrons. The molecular weight excluding hydrogens is 444 g/mol. The Kier molecular flexibility index (Phi) is 7.61. The number of aliphatic hydroxyl groups excluding tert-OH is 1. The van der Waals surface area contributed by atoms with Gasteiger partial charge >= 0.3 is 5.69 Å². The third-order valence-corrected chi connectivity index (χ3v) is 16.5. The molecule has 2 N–H and O–H groups in total. The van der Waals surface area contributed by atoms with Crippen molar-refractivity contribution >= 4 is 16.6 Å². The average molecular weight is 487 g/mol. The van der Waals surface area contributed by atoms with E-state index < -0.39 is 46.3 Å². The summed E-state index contributed by atoms with van der Waals surface area (Å²) in [6.07, 6.45) is 0.849. The van der Waals surface area contributed by atoms with Crippen LogP contribution in [0.4, 0.5) is 0 Å². The number of aromatic amines is 1. The van der Waals surface area contributed by atoms with E-state index in [4.69, 9.17) is 13.6 Å². The highest BCUT2D eigenvalue weighted by atomic mass is 28.4. The standard InChI is InChI=1S/C22H42N2O6Si2/c1-20(2,3)31(7,8)28-14-17-16(30-32(9,10)21(4,5)6)13-22(15-25,29-17)24-12-11-18(26)23-19(24)27/h11-12,16-17,25H,13-15H2,1-10H3,(H,23,26,27)/t16-,17+,22-/m0/s1. The quantitative estimate of drug-likeness (QED) is 0.573. The summed E-state index contributed by atoms with van der Waals surface area (Å²) in [5.74, 6) is 0. The van der Waals surface area contributed by atoms with Crippen LogP contribution in [0.2, 0.25) is 36.3 Å². The summed E-state index contributed by atoms with van der Waals surface area (Å²) in [5, 5.41) is 10.4. The zero-order valence-electron chi connectivity index (χ0n) is 21.4. The van der Waals surface area contributed by atoms with Gasteiger partial charge in [0.05, 0.1) is 19.3 Å². The minimum absolute atomic E-state index is 0.0167. The molecule has 8 nitrogen and oxygen atoms in total. The van der Waals surface area contributed by atoms with E-state index >= 15 is 0 Å². The van der Waals surface area contributed by atoms with E-state index in [1.165, 1.54) is 16.8 Å². The molecule has 0 unspecified atom stereocenters. The normalized spacial score (nSPS) is 25.3. The molecule has 1 fully saturated rings. The van der Waals surface area contributed by atoms with Gasteiger partial charge < -0.3 is 18.7 Å². The van der Waals surface area contributed by atoms with Gasteiger partial charge in [0.1, 0.15) is 6.10 Å². The largest absolute Gasteiger partial charge is 0.414 e. The summed E-state index contributed by atoms with van der Waals surface area (Å²) in [5.41, 5.74) is -2.44. The van der Waals surface area contributed by atoms with Crippen molar-refractivity contribution in [2.45, 2.75) is 102 Å². The monoisotopic (exact) mass is 486 g/mol. The predicted molar refractivity (Wildman–Crippen MR) is 131 cm³/mol. The van der Waals surface area contributed by atoms with Gasteiger partial charge in [0.25, 0.3) is 5.56 Å². The molecule has 0 spiro atoms. The zero-order valence-corrected chi connectivity index (χ0v) is 23.4. The van der Waals surface area contributed by atoms with Gasteiger partial charge in [-0.1, -0.05) is 41.5 Å². The number of hydrogen-bond donors (Lipinski definition) is 2. The fourth-order valence-electron chi connectivity index (χ4n) is 3.24. The summed E-state index contributed by atoms with van der Waals surface area (Å²) in [7, 11) is -4.23. The second kappa shape index (κ2) is 8.96. The number of ether oxygens (including phenoxy) is 1. The van der Waals surface area contributed by atoms with Gasteiger partial charge in [-0.3, -0.25) is 14.3 Å². The molecule has 2 heterocycles. The molecule has 10 heteroatoms. The summed E-state index contributed by atoms with van der Waals surface area (Å²) >= 11 is 0. The lowest BCUT2D eigenvalue weighted by atomic mass is 10.1. The Morgan fingerprint density at radius 1 is 1.12 bits per heavy atom. The van der Waals surface area contributed by atoms with E-state index in [9.17, 15) is 14.7 Å². The molecule has 1 aromatic rings. The SMILES string of the molecule is CC(C)(C)[Si](C)(C)OC[C@H]1O[C@@](CO)(n2ccc(=O)[nH]c2=O)C[C@@H]1O[Si](C)(C)C(C)(C)C. The molecule has 0 saturated carbocycles. The maximum atomic E-state index is 12.6. The lowest BCUT2D eigenvalue weighted by Gasteiger charge is -2.40. The second-order valence-electron chi connectivity index (χ2n) is 11.9. The molecule has 0 amide bonds. The van der Waals surface area contributed by atoms with Gasteiger partial charge in [-0.15, -0.1) is 0 Å². The number of aromatic nitrogens is 2. The molecule has 1 aliphatic heterocycles. The fourth-order valence-corrected chi connectivity index (χ4v) is 5.60. The van der Waals surface area contributed by atoms with Crippen LogP contribution in [0.1, 0.15) is 48.0 Å². The number of H-pyrrole nitrogens is 1. The Balaban J connectivity index is 2.43. The molecule has 1 aliphatic rings. The first kappa shape index (κ1) is 27.2. The highest BCUT2D eigenvalue weighted by Crippen LogP contribution is 2.43. The van der Waals surface area contributed by atoms with Gasteiger partial charge in [-0.25, -0.2) is 4.79 Å². The summed E-state index contributed by atoms with van der Waals surface area (Å²) in [6, 6.07) is 1.26. The molecule has 3 atom stereocenters. The Morgan fingerprint density at radius 3 is 2.16 bits per heavy atom. The molecule has 0 bridgehead atoms. The number of nitrogens with one attached hydrogen (secondary N) is 1. The van der Waals surface area contributed by atoms with E-state index in [1.807, 2.05) is 0 Å². The molecule has 2 rings (SSSR count). The van der Waals surface area contributed by atoms with Crippen molar-refractivity contribution in [1.29, 1.82) is 0 Å². The minimum atomic E-state index is -2.17. The van der Waals surface area contributed by atoms with Crippen LogP contribution in [0.15, 0.2) is 21.9 Å². The second-order valence-corrected chi connectivity index (χ2v) is 21.5. The maximum Gasteiger partial charge on any atom is 0.330 e. The third kappa shape index (κ3) is 5.53. The molecular formula is C22H42N2O6Si2. The van der Waals surface area contributed by atoms with Gasteiger partial charge in [0, 0.05) is 18.7 Å². The molecule has 0 aromatic carbocycles. The number of hydrogen-bond acceptors (Lipinski definition) is 6. The van der Waals surface area contributed by atoms with E-state index in [0.717, 1.165) is 0 Å². The van der Waals surface area contributed by atoms with Gasteiger partial charge in [0.2, 0.25) is 0 Å². The summed E-state index contributed by atoms with van der Waals surface area (Å²) in [6.45, 7) is 21.6. The van der Waals surface area contributed by atoms with Crippen LogP contribution >= 0.6 is 0 Å². The highest BCUT2D eigenvalue weighted by molar-refractivity contribution is 6.74. The minimum Gasteiger partial charge on any atom is -0.414 e. The molecule has 32 heavy (non-hydrogen) atoms. The van der Waals surface area contributed by atoms with E-state index in [1.54, 1.807) is 0 Å². The first-order chi connectivity index (χ1) is 14.4. The van der Waals surface area contributed by atoms with Crippen molar-refractivity contribution in [3.63, 3.8) is 0 Å². The van der Waals surface area contributed by atoms with Crippen LogP contribution in [0, 0.1) is 0 Å². The molecule has 1 aromatic heterocycles. The van der Waals surface area contributed by atoms with Crippen LogP contribution in [0.5, 0.6) is 0 Å². The predicted octanol–water partition coefficient (Wildman–Crippen LogP) is 3.38. The topological polar surface area (TPSA) is 103 Å². The van der Waals surface area contributed by atoms with E-state index in [2.05, 4.69) is 72.7 Å². The lowest BCUT2D eigenvalue weighted by molar-refractivity contribution is -0.141. The van der Waals surface area contributed by atoms with Crippen molar-refractivity contribution in [2.75, 3.05) is 13.2 Å². The van der Waals surface area contributed by atoms with Crippen LogP contribution in [-0.2, 0) is 19.3 Å². The summed E-state index contributed by atoms with van der Waals surface area (Å²) < 4.78 is 20.8. The smallest absolute Gasteiger partial charge is 0.330 e. The van der Waals surface area contributed by atoms with Gasteiger partial charge in [-0.2, -0.15) is 0 Å². The Bertz CT molecular complexity index is 912. The fraction of sp³-hybridized carbons (Fsp3) is 0.818. The van der Waals surface area contributed by atoms with Crippen LogP contribution < -0.4 is 11.2 Å². The first-order valence-corrected chi connectivity index (χ1v) is 17.1. The average Bonchev–Trinajstić information content (AvgIpc) is 2.96. The molecule has 1 saturated heterocycles. The summed E-state index contributed by atoms with van der Waals surface area (Å²) in [4.78, 5) is 26.4. The van der Waals surface area contributed by atoms with E-state index in [-0.39, 0.29) is 22.6 Å². The third-order valence-electron chi connectivity index (χ3n) is 7.48. The van der Waals surface area contributed by atoms with Crippen molar-refractivity contribution in [3.05, 3.63) is 33.1 Å². The van der Waals surface area contributed by atoms with Crippen molar-refractivity contribution in [1.82, 2.24) is 9.55 Å². The van der Waals surface area contributed by atoms with Gasteiger partial charge in [0.15, 0.2) is 22.4 Å². The van der Waals surface area contributed by atoms with Crippen molar-refractivity contribution in [2.24, 2.45) is 0 Å². The van der Waals surface area contributed by atoms with Crippen molar-refractivity contribution < 1.29 is 18.7 Å². The molecule has 0 aliphatic carbocycles. The van der Waals surface area contributed by atoms with Gasteiger partial charge in [-0.05, 0) is 36.3 Å². The molecule has 0 radical (unpaired) electrons. The van der Waals surface area contributed by atoms with Crippen LogP contribution in [-0.4, -0.2) is 56.7 Å². The van der Waals surface area contributed by atoms with Crippen LogP contribution in [0.25, 0.3) is 0 Å². The Morgan fingerprint density at radius 2 is 1.69 bits per heavy atom. The maximum absolute atomic E-state index is 12.6. The number of rotatable bonds is 7. The van der Waals surface area contributed by atoms with Crippen molar-refractivity contribution in [3.8, 4) is 0 Å². The highest BCUT2D eigenvalue weighted by Gasteiger charge is 2.52. The van der Waals surface area contributed by atoms with Crippen LogP contribution in [0.3, 0.4) is 0 Å². The number of aliphatic hydroxyl groups is 1. The number of nitrogens with zero attached hydrogens (tertiary/aromatic N) is 1. The lowest BCUT2D eigenvalue weighted by Crippen LogP contribution is -2.48. The zero-order chi connectivity index (χ0) is 24.8. The first-order valence-electron chi connectivity index (χ1n) is 11.3.